The topological polar surface area (TPSA) is 0 Å². The second-order valence-electron chi connectivity index (χ2n) is 6.38. The minimum Gasteiger partial charge on any atom is -0.127 e. The highest BCUT2D eigenvalue weighted by Gasteiger charge is 2.08. The Balaban J connectivity index is 2.22. The van der Waals surface area contributed by atoms with Gasteiger partial charge in [-0.15, -0.1) is 5.54 Å². The lowest BCUT2D eigenvalue weighted by atomic mass is 10.0. The van der Waals surface area contributed by atoms with E-state index in [1.165, 1.54) is 21.5 Å². The molecule has 3 aromatic carbocycles. The molecule has 0 amide bonds. The first-order valence-electron chi connectivity index (χ1n) is 7.08. The molecule has 0 heterocycles. The van der Waals surface area contributed by atoms with E-state index in [2.05, 4.69) is 95.6 Å². The summed E-state index contributed by atoms with van der Waals surface area (Å²) in [6, 6.07) is 17.3. The van der Waals surface area contributed by atoms with Gasteiger partial charge in [0, 0.05) is 10.0 Å². The lowest BCUT2D eigenvalue weighted by molar-refractivity contribution is 1.65. The van der Waals surface area contributed by atoms with Crippen molar-refractivity contribution in [2.45, 2.75) is 19.6 Å². The summed E-state index contributed by atoms with van der Waals surface area (Å²) in [4.78, 5) is 0. The highest BCUT2D eigenvalue weighted by Crippen LogP contribution is 2.28. The zero-order valence-corrected chi connectivity index (χ0v) is 15.1. The molecule has 0 saturated heterocycles. The Labute approximate surface area is 135 Å². The molecule has 21 heavy (non-hydrogen) atoms. The van der Waals surface area contributed by atoms with Gasteiger partial charge in [0.15, 0.2) is 0 Å². The zero-order valence-electron chi connectivity index (χ0n) is 12.5. The predicted molar refractivity (Wildman–Crippen MR) is 99.4 cm³/mol. The van der Waals surface area contributed by atoms with Crippen LogP contribution in [0.25, 0.3) is 21.5 Å². The number of halogens is 1. The first kappa shape index (κ1) is 14.4. The fraction of sp³-hybridized carbons (Fsp3) is 0.158. The summed E-state index contributed by atoms with van der Waals surface area (Å²) >= 11 is 3.66. The molecule has 0 aliphatic rings. The van der Waals surface area contributed by atoms with Gasteiger partial charge in [-0.2, -0.15) is 0 Å². The molecule has 0 bridgehead atoms. The number of fused-ring (bicyclic) bond motifs is 2. The van der Waals surface area contributed by atoms with E-state index in [0.717, 1.165) is 10.0 Å². The van der Waals surface area contributed by atoms with Crippen molar-refractivity contribution in [3.05, 3.63) is 58.6 Å². The molecule has 0 aliphatic heterocycles. The van der Waals surface area contributed by atoms with Crippen LogP contribution in [0.2, 0.25) is 19.6 Å². The Kier molecular flexibility index (Phi) is 3.65. The number of rotatable bonds is 0. The third-order valence-corrected chi connectivity index (χ3v) is 4.89. The molecule has 0 spiro atoms. The molecule has 0 fully saturated rings. The standard InChI is InChI=1S/C19H17BrSi/c1-21(2,3)9-8-16-12-17-10-14-6-4-5-7-15(14)11-18(17)13-19(16)20/h4-7,10-13H,1-3H3. The van der Waals surface area contributed by atoms with Gasteiger partial charge in [0.1, 0.15) is 8.07 Å². The van der Waals surface area contributed by atoms with E-state index in [0.29, 0.717) is 0 Å². The van der Waals surface area contributed by atoms with E-state index < -0.39 is 8.07 Å². The van der Waals surface area contributed by atoms with Crippen molar-refractivity contribution in [2.24, 2.45) is 0 Å². The first-order valence-corrected chi connectivity index (χ1v) is 11.4. The normalized spacial score (nSPS) is 11.4. The van der Waals surface area contributed by atoms with Gasteiger partial charge in [-0.1, -0.05) is 49.8 Å². The maximum atomic E-state index is 3.66. The van der Waals surface area contributed by atoms with Crippen LogP contribution in [0.3, 0.4) is 0 Å². The molecule has 0 aromatic heterocycles. The Morgan fingerprint density at radius 3 is 1.95 bits per heavy atom. The van der Waals surface area contributed by atoms with Crippen molar-refractivity contribution in [1.82, 2.24) is 0 Å². The van der Waals surface area contributed by atoms with E-state index in [1.54, 1.807) is 0 Å². The minimum atomic E-state index is -1.36. The van der Waals surface area contributed by atoms with Gasteiger partial charge in [0.2, 0.25) is 0 Å². The molecule has 0 radical (unpaired) electrons. The van der Waals surface area contributed by atoms with Crippen LogP contribution in [0.5, 0.6) is 0 Å². The van der Waals surface area contributed by atoms with Crippen LogP contribution in [0.4, 0.5) is 0 Å². The van der Waals surface area contributed by atoms with Crippen molar-refractivity contribution in [2.75, 3.05) is 0 Å². The van der Waals surface area contributed by atoms with Gasteiger partial charge < -0.3 is 0 Å². The average molecular weight is 353 g/mol. The van der Waals surface area contributed by atoms with Gasteiger partial charge in [-0.25, -0.2) is 0 Å². The van der Waals surface area contributed by atoms with E-state index in [1.807, 2.05) is 0 Å². The van der Waals surface area contributed by atoms with Gasteiger partial charge in [-0.05, 0) is 61.7 Å². The van der Waals surface area contributed by atoms with Crippen molar-refractivity contribution in [3.8, 4) is 11.5 Å². The van der Waals surface area contributed by atoms with Crippen LogP contribution in [-0.2, 0) is 0 Å². The number of hydrogen-bond acceptors (Lipinski definition) is 0. The second-order valence-corrected chi connectivity index (χ2v) is 12.0. The van der Waals surface area contributed by atoms with Crippen LogP contribution < -0.4 is 0 Å². The van der Waals surface area contributed by atoms with Gasteiger partial charge in [-0.3, -0.25) is 0 Å². The Bertz CT molecular complexity index is 892. The molecule has 0 aliphatic carbocycles. The lowest BCUT2D eigenvalue weighted by Crippen LogP contribution is -2.16. The summed E-state index contributed by atoms with van der Waals surface area (Å²) in [7, 11) is -1.36. The van der Waals surface area contributed by atoms with Crippen molar-refractivity contribution in [3.63, 3.8) is 0 Å². The highest BCUT2D eigenvalue weighted by molar-refractivity contribution is 9.10. The average Bonchev–Trinajstić information content (AvgIpc) is 2.42. The smallest absolute Gasteiger partial charge is 0.127 e. The molecule has 3 aromatic rings. The van der Waals surface area contributed by atoms with Crippen LogP contribution in [0.1, 0.15) is 5.56 Å². The molecule has 2 heteroatoms. The minimum absolute atomic E-state index is 1.08. The van der Waals surface area contributed by atoms with Crippen LogP contribution in [-0.4, -0.2) is 8.07 Å². The summed E-state index contributed by atoms with van der Waals surface area (Å²) in [5.74, 6) is 3.36. The summed E-state index contributed by atoms with van der Waals surface area (Å²) in [6.07, 6.45) is 0. The quantitative estimate of drug-likeness (QED) is 0.265. The second kappa shape index (κ2) is 5.33. The first-order chi connectivity index (χ1) is 9.92. The van der Waals surface area contributed by atoms with Crippen molar-refractivity contribution < 1.29 is 0 Å². The molecular formula is C19H17BrSi. The maximum absolute atomic E-state index is 3.66. The monoisotopic (exact) mass is 352 g/mol. The summed E-state index contributed by atoms with van der Waals surface area (Å²) < 4.78 is 1.08. The summed E-state index contributed by atoms with van der Waals surface area (Å²) in [6.45, 7) is 6.80. The number of hydrogen-bond donors (Lipinski definition) is 0. The van der Waals surface area contributed by atoms with Crippen LogP contribution in [0.15, 0.2) is 53.0 Å². The molecule has 0 saturated carbocycles. The summed E-state index contributed by atoms with van der Waals surface area (Å²) in [5.41, 5.74) is 4.52. The third kappa shape index (κ3) is 3.20. The largest absolute Gasteiger partial charge is 0.129 e. The molecule has 104 valence electrons. The highest BCUT2D eigenvalue weighted by atomic mass is 79.9. The third-order valence-electron chi connectivity index (χ3n) is 3.36. The van der Waals surface area contributed by atoms with E-state index in [9.17, 15) is 0 Å². The van der Waals surface area contributed by atoms with Gasteiger partial charge >= 0.3 is 0 Å². The predicted octanol–water partition coefficient (Wildman–Crippen LogP) is 5.98. The lowest BCUT2D eigenvalue weighted by Gasteiger charge is -2.06. The zero-order chi connectivity index (χ0) is 15.0. The van der Waals surface area contributed by atoms with Crippen LogP contribution in [0, 0.1) is 11.5 Å². The Morgan fingerprint density at radius 1 is 0.810 bits per heavy atom. The Morgan fingerprint density at radius 2 is 1.38 bits per heavy atom. The van der Waals surface area contributed by atoms with Crippen LogP contribution >= 0.6 is 15.9 Å². The summed E-state index contributed by atoms with van der Waals surface area (Å²) in [5, 5.41) is 5.05. The molecule has 0 N–H and O–H groups in total. The molecule has 3 rings (SSSR count). The fourth-order valence-electron chi connectivity index (χ4n) is 2.31. The Hall–Kier alpha value is -1.56. The van der Waals surface area contributed by atoms with Gasteiger partial charge in [0.05, 0.1) is 0 Å². The van der Waals surface area contributed by atoms with E-state index in [-0.39, 0.29) is 0 Å². The maximum Gasteiger partial charge on any atom is 0.129 e. The molecular weight excluding hydrogens is 336 g/mol. The van der Waals surface area contributed by atoms with Crippen molar-refractivity contribution in [1.29, 1.82) is 0 Å². The van der Waals surface area contributed by atoms with E-state index >= 15 is 0 Å². The SMILES string of the molecule is C[Si](C)(C)C#Cc1cc2cc3ccccc3cc2cc1Br. The van der Waals surface area contributed by atoms with Gasteiger partial charge in [0.25, 0.3) is 0 Å². The number of benzene rings is 3. The fourth-order valence-corrected chi connectivity index (χ4v) is 3.28. The molecule has 0 unspecified atom stereocenters. The van der Waals surface area contributed by atoms with E-state index in [4.69, 9.17) is 0 Å². The molecule has 0 atom stereocenters. The molecule has 0 nitrogen and oxygen atoms in total. The van der Waals surface area contributed by atoms with Crippen molar-refractivity contribution >= 4 is 45.5 Å².